The molecule has 6 nitrogen and oxygen atoms in total. The molecule has 0 aliphatic heterocycles. The van der Waals surface area contributed by atoms with Crippen molar-refractivity contribution in [2.45, 2.75) is 25.7 Å². The highest BCUT2D eigenvalue weighted by molar-refractivity contribution is 6.31. The van der Waals surface area contributed by atoms with Gasteiger partial charge in [0.05, 0.1) is 4.92 Å². The largest absolute Gasteiger partial charge is 0.434 e. The number of ether oxygens (including phenoxy) is 1. The van der Waals surface area contributed by atoms with Crippen molar-refractivity contribution in [1.29, 1.82) is 0 Å². The summed E-state index contributed by atoms with van der Waals surface area (Å²) in [5.74, 6) is 0.379. The summed E-state index contributed by atoms with van der Waals surface area (Å²) in [5.41, 5.74) is 2.11. The molecule has 1 aromatic heterocycles. The van der Waals surface area contributed by atoms with Crippen molar-refractivity contribution in [2.24, 2.45) is 0 Å². The summed E-state index contributed by atoms with van der Waals surface area (Å²) < 4.78 is 5.54. The number of aryl methyl sites for hydroxylation is 2. The van der Waals surface area contributed by atoms with E-state index in [2.05, 4.69) is 9.97 Å². The Balaban J connectivity index is 1.94. The quantitative estimate of drug-likeness (QED) is 0.490. The van der Waals surface area contributed by atoms with Crippen LogP contribution in [0.5, 0.6) is 11.6 Å². The molecule has 0 spiro atoms. The highest BCUT2D eigenvalue weighted by Gasteiger charge is 2.24. The fraction of sp³-hybridized carbons (Fsp3) is 0.286. The number of aromatic nitrogens is 2. The zero-order valence-corrected chi connectivity index (χ0v) is 11.8. The van der Waals surface area contributed by atoms with Crippen LogP contribution in [0.3, 0.4) is 0 Å². The van der Waals surface area contributed by atoms with Crippen LogP contribution in [0.2, 0.25) is 5.15 Å². The molecular formula is C14H12ClN3O3. The normalized spacial score (nSPS) is 13.6. The van der Waals surface area contributed by atoms with Gasteiger partial charge in [0.25, 0.3) is 0 Å². The zero-order valence-electron chi connectivity index (χ0n) is 11.1. The Bertz CT molecular complexity index is 706. The van der Waals surface area contributed by atoms with Gasteiger partial charge in [-0.25, -0.2) is 4.98 Å². The first-order valence-electron chi connectivity index (χ1n) is 6.59. The molecule has 21 heavy (non-hydrogen) atoms. The molecule has 0 atom stereocenters. The summed E-state index contributed by atoms with van der Waals surface area (Å²) in [4.78, 5) is 17.8. The van der Waals surface area contributed by atoms with Gasteiger partial charge in [0, 0.05) is 0 Å². The Labute approximate surface area is 125 Å². The number of fused-ring (bicyclic) bond motifs is 1. The predicted molar refractivity (Wildman–Crippen MR) is 76.9 cm³/mol. The first-order chi connectivity index (χ1) is 10.1. The SMILES string of the molecule is O=[N+]([O-])c1c(Cl)ncnc1Oc1ccc2c(c1)CCCC2. The minimum atomic E-state index is -0.643. The third-order valence-corrected chi connectivity index (χ3v) is 3.74. The molecule has 0 N–H and O–H groups in total. The molecule has 108 valence electrons. The van der Waals surface area contributed by atoms with Crippen molar-refractivity contribution in [3.63, 3.8) is 0 Å². The van der Waals surface area contributed by atoms with Gasteiger partial charge in [0.2, 0.25) is 5.15 Å². The van der Waals surface area contributed by atoms with Crippen LogP contribution in [0, 0.1) is 10.1 Å². The molecule has 0 amide bonds. The maximum Gasteiger partial charge on any atom is 0.368 e. The molecule has 1 heterocycles. The molecule has 0 bridgehead atoms. The van der Waals surface area contributed by atoms with Crippen LogP contribution in [0.25, 0.3) is 0 Å². The van der Waals surface area contributed by atoms with Crippen molar-refractivity contribution < 1.29 is 9.66 Å². The molecule has 0 radical (unpaired) electrons. The summed E-state index contributed by atoms with van der Waals surface area (Å²) in [6.45, 7) is 0. The smallest absolute Gasteiger partial charge is 0.368 e. The number of hydrogen-bond acceptors (Lipinski definition) is 5. The lowest BCUT2D eigenvalue weighted by Crippen LogP contribution is -2.03. The van der Waals surface area contributed by atoms with Gasteiger partial charge in [-0.15, -0.1) is 0 Å². The second kappa shape index (κ2) is 5.65. The lowest BCUT2D eigenvalue weighted by molar-refractivity contribution is -0.386. The molecule has 0 saturated carbocycles. The Morgan fingerprint density at radius 3 is 2.71 bits per heavy atom. The average molecular weight is 306 g/mol. The summed E-state index contributed by atoms with van der Waals surface area (Å²) in [5, 5.41) is 10.8. The van der Waals surface area contributed by atoms with Crippen LogP contribution >= 0.6 is 11.6 Å². The standard InChI is InChI=1S/C14H12ClN3O3/c15-13-12(18(19)20)14(17-8-16-13)21-11-6-5-9-3-1-2-4-10(9)7-11/h5-8H,1-4H2. The molecule has 0 saturated heterocycles. The van der Waals surface area contributed by atoms with Crippen LogP contribution in [0.4, 0.5) is 5.69 Å². The zero-order chi connectivity index (χ0) is 14.8. The van der Waals surface area contributed by atoms with Crippen LogP contribution in [-0.2, 0) is 12.8 Å². The van der Waals surface area contributed by atoms with Gasteiger partial charge in [0.15, 0.2) is 0 Å². The highest BCUT2D eigenvalue weighted by Crippen LogP contribution is 2.34. The van der Waals surface area contributed by atoms with E-state index in [4.69, 9.17) is 16.3 Å². The summed E-state index contributed by atoms with van der Waals surface area (Å²) >= 11 is 5.73. The van der Waals surface area contributed by atoms with Gasteiger partial charge in [-0.05, 0) is 48.9 Å². The second-order valence-electron chi connectivity index (χ2n) is 4.82. The van der Waals surface area contributed by atoms with Crippen LogP contribution in [0.1, 0.15) is 24.0 Å². The van der Waals surface area contributed by atoms with Gasteiger partial charge in [0.1, 0.15) is 12.1 Å². The van der Waals surface area contributed by atoms with Gasteiger partial charge >= 0.3 is 11.6 Å². The van der Waals surface area contributed by atoms with Crippen molar-refractivity contribution in [1.82, 2.24) is 9.97 Å². The van der Waals surface area contributed by atoms with E-state index < -0.39 is 10.6 Å². The number of benzene rings is 1. The van der Waals surface area contributed by atoms with Crippen molar-refractivity contribution >= 4 is 17.3 Å². The number of rotatable bonds is 3. The van der Waals surface area contributed by atoms with E-state index in [1.54, 1.807) is 6.07 Å². The lowest BCUT2D eigenvalue weighted by atomic mass is 9.92. The molecule has 0 fully saturated rings. The molecule has 0 unspecified atom stereocenters. The first kappa shape index (κ1) is 13.8. The Morgan fingerprint density at radius 1 is 1.19 bits per heavy atom. The van der Waals surface area contributed by atoms with E-state index in [0.29, 0.717) is 5.75 Å². The number of nitro groups is 1. The molecule has 1 aromatic carbocycles. The van der Waals surface area contributed by atoms with Crippen LogP contribution in [0.15, 0.2) is 24.5 Å². The van der Waals surface area contributed by atoms with Gasteiger partial charge < -0.3 is 4.74 Å². The molecule has 1 aliphatic carbocycles. The Hall–Kier alpha value is -2.21. The third-order valence-electron chi connectivity index (χ3n) is 3.46. The fourth-order valence-electron chi connectivity index (χ4n) is 2.46. The monoisotopic (exact) mass is 305 g/mol. The predicted octanol–water partition coefficient (Wildman–Crippen LogP) is 3.71. The summed E-state index contributed by atoms with van der Waals surface area (Å²) in [6, 6.07) is 5.70. The number of hydrogen-bond donors (Lipinski definition) is 0. The number of halogens is 1. The fourth-order valence-corrected chi connectivity index (χ4v) is 2.65. The van der Waals surface area contributed by atoms with Gasteiger partial charge in [-0.1, -0.05) is 17.7 Å². The second-order valence-corrected chi connectivity index (χ2v) is 5.17. The van der Waals surface area contributed by atoms with E-state index in [1.165, 1.54) is 17.5 Å². The summed E-state index contributed by atoms with van der Waals surface area (Å²) in [6.07, 6.45) is 5.55. The minimum absolute atomic E-state index is 0.143. The van der Waals surface area contributed by atoms with E-state index in [0.717, 1.165) is 25.6 Å². The third kappa shape index (κ3) is 2.80. The topological polar surface area (TPSA) is 78.2 Å². The van der Waals surface area contributed by atoms with E-state index in [-0.39, 0.29) is 11.0 Å². The van der Waals surface area contributed by atoms with Gasteiger partial charge in [-0.3, -0.25) is 10.1 Å². The Kier molecular flexibility index (Phi) is 3.70. The average Bonchev–Trinajstić information content (AvgIpc) is 2.47. The van der Waals surface area contributed by atoms with Crippen LogP contribution in [-0.4, -0.2) is 14.9 Å². The molecule has 3 rings (SSSR count). The molecule has 1 aliphatic rings. The molecular weight excluding hydrogens is 294 g/mol. The highest BCUT2D eigenvalue weighted by atomic mass is 35.5. The molecule has 7 heteroatoms. The van der Waals surface area contributed by atoms with Crippen molar-refractivity contribution in [3.8, 4) is 11.6 Å². The van der Waals surface area contributed by atoms with E-state index >= 15 is 0 Å². The maximum absolute atomic E-state index is 11.0. The Morgan fingerprint density at radius 2 is 1.95 bits per heavy atom. The minimum Gasteiger partial charge on any atom is -0.434 e. The lowest BCUT2D eigenvalue weighted by Gasteiger charge is -2.16. The van der Waals surface area contributed by atoms with Crippen LogP contribution < -0.4 is 4.74 Å². The molecule has 2 aromatic rings. The van der Waals surface area contributed by atoms with E-state index in [9.17, 15) is 10.1 Å². The summed E-state index contributed by atoms with van der Waals surface area (Å²) in [7, 11) is 0. The number of nitrogens with zero attached hydrogens (tertiary/aromatic N) is 3. The maximum atomic E-state index is 11.0. The van der Waals surface area contributed by atoms with Crippen molar-refractivity contribution in [3.05, 3.63) is 50.9 Å². The first-order valence-corrected chi connectivity index (χ1v) is 6.97. The van der Waals surface area contributed by atoms with E-state index in [1.807, 2.05) is 12.1 Å². The van der Waals surface area contributed by atoms with Gasteiger partial charge in [-0.2, -0.15) is 4.98 Å². The van der Waals surface area contributed by atoms with Crippen molar-refractivity contribution in [2.75, 3.05) is 0 Å².